The lowest BCUT2D eigenvalue weighted by Gasteiger charge is -2.21. The van der Waals surface area contributed by atoms with Crippen LogP contribution in [0.15, 0.2) is 20.9 Å². The number of nitrogens with zero attached hydrogens (tertiary/aromatic N) is 5. The van der Waals surface area contributed by atoms with Crippen molar-refractivity contribution in [2.24, 2.45) is 5.11 Å². The number of azide groups is 1. The van der Waals surface area contributed by atoms with E-state index < -0.39 is 35.9 Å². The van der Waals surface area contributed by atoms with Crippen molar-refractivity contribution in [2.75, 3.05) is 19.8 Å². The number of aryl methyl sites for hydroxylation is 1. The number of hydrogen-bond acceptors (Lipinski definition) is 7. The Balaban J connectivity index is 2.39. The van der Waals surface area contributed by atoms with Crippen LogP contribution >= 0.6 is 0 Å². The zero-order valence-electron chi connectivity index (χ0n) is 15.6. The van der Waals surface area contributed by atoms with Gasteiger partial charge in [0.05, 0.1) is 25.3 Å². The van der Waals surface area contributed by atoms with E-state index in [1.54, 1.807) is 20.8 Å². The van der Waals surface area contributed by atoms with E-state index >= 15 is 0 Å². The summed E-state index contributed by atoms with van der Waals surface area (Å²) in [6, 6.07) is -0.600. The summed E-state index contributed by atoms with van der Waals surface area (Å²) in [5, 5.41) is 13.0. The fourth-order valence-corrected chi connectivity index (χ4v) is 3.04. The Bertz CT molecular complexity index is 793. The van der Waals surface area contributed by atoms with E-state index in [0.29, 0.717) is 18.8 Å². The number of rotatable bonds is 9. The molecule has 27 heavy (non-hydrogen) atoms. The first kappa shape index (κ1) is 21.1. The molecular formula is C16H25N5O6. The first-order valence-electron chi connectivity index (χ1n) is 8.83. The van der Waals surface area contributed by atoms with Gasteiger partial charge in [-0.25, -0.2) is 4.79 Å². The van der Waals surface area contributed by atoms with Gasteiger partial charge in [0.2, 0.25) is 0 Å². The van der Waals surface area contributed by atoms with Crippen LogP contribution in [0, 0.1) is 6.92 Å². The van der Waals surface area contributed by atoms with Crippen LogP contribution in [0.25, 0.3) is 10.4 Å². The summed E-state index contributed by atoms with van der Waals surface area (Å²) < 4.78 is 18.9. The Morgan fingerprint density at radius 3 is 2.63 bits per heavy atom. The lowest BCUT2D eigenvalue weighted by Crippen LogP contribution is -2.45. The molecule has 1 N–H and O–H groups in total. The maximum absolute atomic E-state index is 12.9. The van der Waals surface area contributed by atoms with Gasteiger partial charge in [0.15, 0.2) is 6.29 Å². The summed E-state index contributed by atoms with van der Waals surface area (Å²) in [5.41, 5.74) is 7.97. The number of aromatic nitrogens is 2. The summed E-state index contributed by atoms with van der Waals surface area (Å²) in [6.07, 6.45) is -0.569. The molecule has 1 aromatic heterocycles. The Morgan fingerprint density at radius 1 is 1.41 bits per heavy atom. The van der Waals surface area contributed by atoms with Gasteiger partial charge in [-0.2, -0.15) is 0 Å². The zero-order chi connectivity index (χ0) is 20.0. The van der Waals surface area contributed by atoms with Crippen LogP contribution in [-0.2, 0) is 20.8 Å². The molecule has 0 bridgehead atoms. The number of ether oxygens (including phenoxy) is 3. The highest BCUT2D eigenvalue weighted by molar-refractivity contribution is 5.04. The van der Waals surface area contributed by atoms with Gasteiger partial charge in [-0.1, -0.05) is 5.11 Å². The summed E-state index contributed by atoms with van der Waals surface area (Å²) in [5.74, 6) is 0. The molecule has 1 fully saturated rings. The van der Waals surface area contributed by atoms with Gasteiger partial charge in [0, 0.05) is 36.3 Å². The van der Waals surface area contributed by atoms with Crippen LogP contribution in [-0.4, -0.2) is 52.5 Å². The predicted octanol–water partition coefficient (Wildman–Crippen LogP) is 0.676. The molecule has 2 heterocycles. The smallest absolute Gasteiger partial charge is 0.333 e. The Hall–Kier alpha value is -2.17. The lowest BCUT2D eigenvalue weighted by atomic mass is 10.1. The second-order valence-corrected chi connectivity index (χ2v) is 6.08. The molecule has 0 saturated carbocycles. The first-order chi connectivity index (χ1) is 13.0. The molecule has 0 aliphatic carbocycles. The highest BCUT2D eigenvalue weighted by Crippen LogP contribution is 2.29. The van der Waals surface area contributed by atoms with Crippen molar-refractivity contribution < 1.29 is 19.3 Å². The zero-order valence-corrected chi connectivity index (χ0v) is 15.6. The van der Waals surface area contributed by atoms with E-state index in [0.717, 1.165) is 4.57 Å². The average molecular weight is 383 g/mol. The summed E-state index contributed by atoms with van der Waals surface area (Å²) in [7, 11) is 0. The van der Waals surface area contributed by atoms with E-state index in [-0.39, 0.29) is 19.6 Å². The molecule has 1 aliphatic heterocycles. The van der Waals surface area contributed by atoms with Crippen molar-refractivity contribution in [3.8, 4) is 0 Å². The Kier molecular flexibility index (Phi) is 7.57. The predicted molar refractivity (Wildman–Crippen MR) is 95.3 cm³/mol. The molecule has 3 atom stereocenters. The molecule has 11 nitrogen and oxygen atoms in total. The minimum absolute atomic E-state index is 0.0586. The van der Waals surface area contributed by atoms with E-state index in [2.05, 4.69) is 10.0 Å². The van der Waals surface area contributed by atoms with Crippen LogP contribution in [0.1, 0.15) is 32.1 Å². The van der Waals surface area contributed by atoms with Crippen LogP contribution in [0.4, 0.5) is 0 Å². The SMILES string of the molecule is CCOC(Cn1c(=O)c(C)cn([C@H]2CC(N=[N+]=[N-])[C@@H](CO)O2)c1=O)OCC. The summed E-state index contributed by atoms with van der Waals surface area (Å²) in [6.45, 7) is 5.52. The molecule has 0 aromatic carbocycles. The molecular weight excluding hydrogens is 358 g/mol. The number of aliphatic hydroxyl groups excluding tert-OH is 1. The van der Waals surface area contributed by atoms with Gasteiger partial charge in [-0.3, -0.25) is 13.9 Å². The van der Waals surface area contributed by atoms with Gasteiger partial charge >= 0.3 is 5.69 Å². The maximum atomic E-state index is 12.9. The van der Waals surface area contributed by atoms with Crippen molar-refractivity contribution in [3.63, 3.8) is 0 Å². The third-order valence-electron chi connectivity index (χ3n) is 4.30. The highest BCUT2D eigenvalue weighted by atomic mass is 16.7. The molecule has 2 rings (SSSR count). The van der Waals surface area contributed by atoms with E-state index in [9.17, 15) is 14.7 Å². The van der Waals surface area contributed by atoms with Gasteiger partial charge < -0.3 is 19.3 Å². The van der Waals surface area contributed by atoms with Gasteiger partial charge in [-0.15, -0.1) is 0 Å². The second-order valence-electron chi connectivity index (χ2n) is 6.08. The fraction of sp³-hybridized carbons (Fsp3) is 0.750. The van der Waals surface area contributed by atoms with Gasteiger partial charge in [-0.05, 0) is 26.3 Å². The molecule has 0 spiro atoms. The minimum Gasteiger partial charge on any atom is -0.394 e. The minimum atomic E-state index is -0.756. The largest absolute Gasteiger partial charge is 0.394 e. The molecule has 1 unspecified atom stereocenters. The number of hydrogen-bond donors (Lipinski definition) is 1. The first-order valence-corrected chi connectivity index (χ1v) is 8.83. The highest BCUT2D eigenvalue weighted by Gasteiger charge is 2.36. The van der Waals surface area contributed by atoms with E-state index in [1.807, 2.05) is 0 Å². The molecule has 1 saturated heterocycles. The summed E-state index contributed by atoms with van der Waals surface area (Å²) >= 11 is 0. The third-order valence-corrected chi connectivity index (χ3v) is 4.30. The Labute approximate surface area is 155 Å². The van der Waals surface area contributed by atoms with Crippen LogP contribution in [0.3, 0.4) is 0 Å². The number of aliphatic hydroxyl groups is 1. The lowest BCUT2D eigenvalue weighted by molar-refractivity contribution is -0.144. The summed E-state index contributed by atoms with van der Waals surface area (Å²) in [4.78, 5) is 28.1. The van der Waals surface area contributed by atoms with Crippen LogP contribution < -0.4 is 11.2 Å². The van der Waals surface area contributed by atoms with Crippen LogP contribution in [0.2, 0.25) is 0 Å². The van der Waals surface area contributed by atoms with Gasteiger partial charge in [0.1, 0.15) is 6.23 Å². The van der Waals surface area contributed by atoms with Crippen molar-refractivity contribution in [1.29, 1.82) is 0 Å². The van der Waals surface area contributed by atoms with Gasteiger partial charge in [0.25, 0.3) is 5.56 Å². The molecule has 150 valence electrons. The van der Waals surface area contributed by atoms with Crippen molar-refractivity contribution in [2.45, 2.75) is 58.4 Å². The molecule has 1 aromatic rings. The van der Waals surface area contributed by atoms with Crippen molar-refractivity contribution in [3.05, 3.63) is 43.0 Å². The van der Waals surface area contributed by atoms with Crippen molar-refractivity contribution in [1.82, 2.24) is 9.13 Å². The Morgan fingerprint density at radius 2 is 2.07 bits per heavy atom. The second kappa shape index (κ2) is 9.67. The van der Waals surface area contributed by atoms with E-state index in [4.69, 9.17) is 19.7 Å². The standard InChI is InChI=1S/C16H25N5O6/c1-4-25-14(26-5-2)8-21-15(23)10(3)7-20(16(21)24)13-6-11(18-19-17)12(9-22)27-13/h7,11-14,22H,4-6,8-9H2,1-3H3/t11?,12-,13-/m1/s1. The maximum Gasteiger partial charge on any atom is 0.333 e. The fourth-order valence-electron chi connectivity index (χ4n) is 3.04. The molecule has 1 aliphatic rings. The normalized spacial score (nSPS) is 22.2. The topological polar surface area (TPSA) is 141 Å². The van der Waals surface area contributed by atoms with Crippen LogP contribution in [0.5, 0.6) is 0 Å². The quantitative estimate of drug-likeness (QED) is 0.288. The molecule has 0 radical (unpaired) electrons. The average Bonchev–Trinajstić information content (AvgIpc) is 3.05. The molecule has 0 amide bonds. The van der Waals surface area contributed by atoms with Crippen molar-refractivity contribution >= 4 is 0 Å². The molecule has 11 heteroatoms. The third kappa shape index (κ3) is 4.76. The van der Waals surface area contributed by atoms with E-state index in [1.165, 1.54) is 10.8 Å². The monoisotopic (exact) mass is 383 g/mol.